The maximum atomic E-state index is 11.1. The lowest BCUT2D eigenvalue weighted by molar-refractivity contribution is -0.394. The second kappa shape index (κ2) is 8.39. The Morgan fingerprint density at radius 1 is 1.06 bits per heavy atom. The highest BCUT2D eigenvalue weighted by Gasteiger charge is 2.44. The van der Waals surface area contributed by atoms with Gasteiger partial charge < -0.3 is 25.4 Å². The van der Waals surface area contributed by atoms with E-state index in [0.717, 1.165) is 6.07 Å². The molecule has 1 saturated heterocycles. The van der Waals surface area contributed by atoms with E-state index in [1.54, 1.807) is 0 Å². The van der Waals surface area contributed by atoms with E-state index in [4.69, 9.17) is 4.74 Å². The van der Waals surface area contributed by atoms with Gasteiger partial charge in [-0.15, -0.1) is 0 Å². The first kappa shape index (κ1) is 21.4. The van der Waals surface area contributed by atoms with Crippen LogP contribution in [0.4, 0.5) is 17.2 Å². The molecule has 0 bridgehead atoms. The fraction of sp³-hybridized carbons (Fsp3) is 0.353. The average Bonchev–Trinajstić information content (AvgIpc) is 3.33. The lowest BCUT2D eigenvalue weighted by atomic mass is 10.1. The van der Waals surface area contributed by atoms with Crippen LogP contribution in [0.5, 0.6) is 0 Å². The van der Waals surface area contributed by atoms with Crippen LogP contribution >= 0.6 is 0 Å². The molecule has 0 radical (unpaired) electrons. The van der Waals surface area contributed by atoms with Crippen molar-refractivity contribution in [2.24, 2.45) is 0 Å². The van der Waals surface area contributed by atoms with Gasteiger partial charge in [0.1, 0.15) is 24.6 Å². The fourth-order valence-corrected chi connectivity index (χ4v) is 3.43. The molecule has 168 valence electrons. The zero-order valence-corrected chi connectivity index (χ0v) is 16.2. The molecule has 15 heteroatoms. The van der Waals surface area contributed by atoms with Crippen molar-refractivity contribution in [1.82, 2.24) is 19.5 Å². The van der Waals surface area contributed by atoms with Gasteiger partial charge in [-0.3, -0.25) is 24.8 Å². The summed E-state index contributed by atoms with van der Waals surface area (Å²) >= 11 is 0. The monoisotopic (exact) mass is 447 g/mol. The molecule has 0 spiro atoms. The molecule has 1 unspecified atom stereocenters. The minimum absolute atomic E-state index is 0.0324. The van der Waals surface area contributed by atoms with Gasteiger partial charge in [-0.1, -0.05) is 0 Å². The zero-order valence-electron chi connectivity index (χ0n) is 16.2. The second-order valence-corrected chi connectivity index (χ2v) is 7.00. The summed E-state index contributed by atoms with van der Waals surface area (Å²) in [6, 6.07) is 3.28. The summed E-state index contributed by atoms with van der Waals surface area (Å²) in [6.07, 6.45) is -2.12. The highest BCUT2D eigenvalue weighted by molar-refractivity contribution is 5.82. The van der Waals surface area contributed by atoms with Crippen molar-refractivity contribution in [3.05, 3.63) is 56.6 Å². The van der Waals surface area contributed by atoms with Crippen LogP contribution in [-0.4, -0.2) is 69.6 Å². The summed E-state index contributed by atoms with van der Waals surface area (Å²) in [5.74, 6) is 0.231. The molecule has 32 heavy (non-hydrogen) atoms. The van der Waals surface area contributed by atoms with Gasteiger partial charge in [-0.2, -0.15) is 0 Å². The van der Waals surface area contributed by atoms with Gasteiger partial charge >= 0.3 is 0 Å². The van der Waals surface area contributed by atoms with Gasteiger partial charge in [0.2, 0.25) is 0 Å². The predicted octanol–water partition coefficient (Wildman–Crippen LogP) is -0.134. The molecule has 0 amide bonds. The van der Waals surface area contributed by atoms with Crippen molar-refractivity contribution in [2.45, 2.75) is 31.1 Å². The highest BCUT2D eigenvalue weighted by Crippen LogP contribution is 2.32. The van der Waals surface area contributed by atoms with Gasteiger partial charge in [-0.05, 0) is 5.56 Å². The van der Waals surface area contributed by atoms with Crippen LogP contribution < -0.4 is 5.32 Å². The molecule has 0 saturated carbocycles. The van der Waals surface area contributed by atoms with Crippen molar-refractivity contribution in [3.63, 3.8) is 0 Å². The number of imidazole rings is 1. The molecule has 4 rings (SSSR count). The second-order valence-electron chi connectivity index (χ2n) is 7.00. The number of nitro groups is 2. The van der Waals surface area contributed by atoms with Gasteiger partial charge in [-0.25, -0.2) is 15.0 Å². The summed E-state index contributed by atoms with van der Waals surface area (Å²) in [4.78, 5) is 33.1. The number of hydrogen-bond acceptors (Lipinski definition) is 12. The normalized spacial score (nSPS) is 22.8. The molecule has 0 aliphatic carbocycles. The summed E-state index contributed by atoms with van der Waals surface area (Å²) in [5.41, 5.74) is -0.0389. The Morgan fingerprint density at radius 3 is 2.34 bits per heavy atom. The van der Waals surface area contributed by atoms with Crippen molar-refractivity contribution < 1.29 is 29.9 Å². The molecule has 3 heterocycles. The van der Waals surface area contributed by atoms with Crippen molar-refractivity contribution in [1.29, 1.82) is 0 Å². The Balaban J connectivity index is 1.61. The Bertz CT molecular complexity index is 1150. The number of nitrogens with one attached hydrogen (secondary N) is 1. The number of non-ortho nitro benzene ring substituents is 2. The lowest BCUT2D eigenvalue weighted by Crippen LogP contribution is -2.33. The Morgan fingerprint density at radius 2 is 1.75 bits per heavy atom. The number of nitrogens with zero attached hydrogens (tertiary/aromatic N) is 6. The van der Waals surface area contributed by atoms with Crippen LogP contribution in [-0.2, 0) is 11.3 Å². The molecule has 1 aliphatic heterocycles. The highest BCUT2D eigenvalue weighted by atomic mass is 16.6. The lowest BCUT2D eigenvalue weighted by Gasteiger charge is -2.16. The number of nitro benzene ring substituents is 2. The Kier molecular flexibility index (Phi) is 5.62. The first-order chi connectivity index (χ1) is 15.3. The van der Waals surface area contributed by atoms with E-state index in [0.29, 0.717) is 0 Å². The molecule has 1 fully saturated rings. The van der Waals surface area contributed by atoms with Gasteiger partial charge in [0.05, 0.1) is 28.8 Å². The first-order valence-corrected chi connectivity index (χ1v) is 9.26. The number of hydrogen-bond donors (Lipinski definition) is 4. The van der Waals surface area contributed by atoms with Crippen molar-refractivity contribution >= 4 is 28.4 Å². The van der Waals surface area contributed by atoms with Gasteiger partial charge in [0.15, 0.2) is 23.2 Å². The minimum atomic E-state index is -1.33. The van der Waals surface area contributed by atoms with Crippen molar-refractivity contribution in [2.75, 3.05) is 11.9 Å². The van der Waals surface area contributed by atoms with Crippen LogP contribution in [0.3, 0.4) is 0 Å². The average molecular weight is 447 g/mol. The molecular weight excluding hydrogens is 430 g/mol. The van der Waals surface area contributed by atoms with E-state index in [2.05, 4.69) is 20.3 Å². The third-order valence-corrected chi connectivity index (χ3v) is 4.99. The van der Waals surface area contributed by atoms with Gasteiger partial charge in [0, 0.05) is 18.7 Å². The van der Waals surface area contributed by atoms with E-state index in [1.807, 2.05) is 0 Å². The number of aliphatic hydroxyl groups is 3. The third-order valence-electron chi connectivity index (χ3n) is 4.99. The molecule has 2 aromatic heterocycles. The molecule has 1 aliphatic rings. The number of ether oxygens (including phenoxy) is 1. The van der Waals surface area contributed by atoms with Crippen molar-refractivity contribution in [3.8, 4) is 0 Å². The number of fused-ring (bicyclic) bond motifs is 1. The number of benzene rings is 1. The number of rotatable bonds is 7. The largest absolute Gasteiger partial charge is 0.394 e. The van der Waals surface area contributed by atoms with E-state index < -0.39 is 52.4 Å². The molecular formula is C17H17N7O8. The predicted molar refractivity (Wildman–Crippen MR) is 105 cm³/mol. The van der Waals surface area contributed by atoms with E-state index >= 15 is 0 Å². The van der Waals surface area contributed by atoms with Crippen LogP contribution in [0, 0.1) is 20.2 Å². The standard InChI is InChI=1S/C17H17N7O8/c25-5-11-13(26)14(27)17(32-11)22-7-21-12-15(19-6-20-16(12)22)18-4-8-1-9(23(28)29)3-10(2-8)24(30)31/h1-3,6-7,11,13-14,17,25-27H,4-5H2,(H,18,19,20)/t11-,13-,14-,17?/m1/s1. The summed E-state index contributed by atoms with van der Waals surface area (Å²) in [5, 5.41) is 54.5. The molecule has 15 nitrogen and oxygen atoms in total. The van der Waals surface area contributed by atoms with Crippen LogP contribution in [0.2, 0.25) is 0 Å². The quantitative estimate of drug-likeness (QED) is 0.275. The third kappa shape index (κ3) is 3.80. The van der Waals surface area contributed by atoms with E-state index in [9.17, 15) is 35.5 Å². The van der Waals surface area contributed by atoms with Crippen LogP contribution in [0.15, 0.2) is 30.9 Å². The number of aliphatic hydroxyl groups excluding tert-OH is 3. The summed E-state index contributed by atoms with van der Waals surface area (Å²) < 4.78 is 6.87. The zero-order chi connectivity index (χ0) is 23.0. The smallest absolute Gasteiger partial charge is 0.276 e. The molecule has 1 aromatic carbocycles. The maximum absolute atomic E-state index is 11.1. The van der Waals surface area contributed by atoms with Crippen LogP contribution in [0.1, 0.15) is 11.8 Å². The summed E-state index contributed by atoms with van der Waals surface area (Å²) in [7, 11) is 0. The van der Waals surface area contributed by atoms with Crippen LogP contribution in [0.25, 0.3) is 11.2 Å². The molecule has 4 atom stereocenters. The number of aromatic nitrogens is 4. The fourth-order valence-electron chi connectivity index (χ4n) is 3.43. The van der Waals surface area contributed by atoms with E-state index in [-0.39, 0.29) is 29.1 Å². The summed E-state index contributed by atoms with van der Waals surface area (Å²) in [6.45, 7) is -0.520. The Hall–Kier alpha value is -3.79. The molecule has 4 N–H and O–H groups in total. The maximum Gasteiger partial charge on any atom is 0.276 e. The Labute approximate surface area is 178 Å². The molecule has 3 aromatic rings. The van der Waals surface area contributed by atoms with Gasteiger partial charge in [0.25, 0.3) is 11.4 Å². The van der Waals surface area contributed by atoms with E-state index in [1.165, 1.54) is 29.4 Å². The minimum Gasteiger partial charge on any atom is -0.394 e. The SMILES string of the molecule is O=[N+]([O-])c1cc(CNc2ncnc3c2ncn3C2O[C@H](CO)[C@@H](O)[C@H]2O)cc([N+](=O)[O-])c1. The first-order valence-electron chi connectivity index (χ1n) is 9.26. The number of anilines is 1. The topological polar surface area (TPSA) is 212 Å².